The zero-order valence-electron chi connectivity index (χ0n) is 11.6. The molecule has 4 unspecified atom stereocenters. The highest BCUT2D eigenvalue weighted by Crippen LogP contribution is 2.51. The van der Waals surface area contributed by atoms with E-state index in [1.54, 1.807) is 5.57 Å². The molecule has 2 aliphatic carbocycles. The van der Waals surface area contributed by atoms with Gasteiger partial charge in [-0.1, -0.05) is 25.5 Å². The zero-order chi connectivity index (χ0) is 12.6. The quantitative estimate of drug-likeness (QED) is 0.658. The first-order valence-corrected chi connectivity index (χ1v) is 7.36. The number of hydrogen-bond donors (Lipinski definition) is 0. The van der Waals surface area contributed by atoms with E-state index in [4.69, 9.17) is 12.4 Å². The summed E-state index contributed by atoms with van der Waals surface area (Å²) in [5.74, 6) is 3.01. The normalized spacial score (nSPS) is 41.9. The molecule has 2 aliphatic rings. The molecule has 0 saturated heterocycles. The Labute approximate surface area is 111 Å². The zero-order valence-corrected chi connectivity index (χ0v) is 12.4. The molecule has 17 heavy (non-hydrogen) atoms. The van der Waals surface area contributed by atoms with Gasteiger partial charge >= 0.3 is 0 Å². The van der Waals surface area contributed by atoms with Gasteiger partial charge in [0, 0.05) is 12.4 Å². The van der Waals surface area contributed by atoms with E-state index in [9.17, 15) is 0 Å². The van der Waals surface area contributed by atoms with Crippen molar-refractivity contribution in [3.63, 3.8) is 0 Å². The first kappa shape index (κ1) is 13.2. The summed E-state index contributed by atoms with van der Waals surface area (Å²) in [5, 5.41) is 0. The van der Waals surface area contributed by atoms with Gasteiger partial charge in [0.25, 0.3) is 0 Å². The van der Waals surface area contributed by atoms with Crippen molar-refractivity contribution in [2.75, 3.05) is 0 Å². The number of rotatable bonds is 2. The van der Waals surface area contributed by atoms with Crippen molar-refractivity contribution in [3.05, 3.63) is 11.6 Å². The molecule has 0 spiro atoms. The molecule has 0 amide bonds. The number of fused-ring (bicyclic) bond motifs is 1. The van der Waals surface area contributed by atoms with Gasteiger partial charge in [0.15, 0.2) is 0 Å². The van der Waals surface area contributed by atoms with Gasteiger partial charge in [-0.05, 0) is 63.2 Å². The maximum Gasteiger partial charge on any atom is 0.0744 e. The van der Waals surface area contributed by atoms with Crippen molar-refractivity contribution in [2.24, 2.45) is 28.0 Å². The van der Waals surface area contributed by atoms with Crippen molar-refractivity contribution < 1.29 is 0 Å². The van der Waals surface area contributed by atoms with Crippen LogP contribution in [0.1, 0.15) is 53.4 Å². The Morgan fingerprint density at radius 2 is 2.12 bits per heavy atom. The number of hydrogen-bond acceptors (Lipinski definition) is 2. The molecule has 0 aliphatic heterocycles. The summed E-state index contributed by atoms with van der Waals surface area (Å²) in [5.41, 5.74) is 1.63. The molecule has 0 aromatic heterocycles. The predicted molar refractivity (Wildman–Crippen MR) is 75.7 cm³/mol. The Kier molecular flexibility index (Phi) is 3.72. The highest BCUT2D eigenvalue weighted by Gasteiger charge is 2.47. The summed E-state index contributed by atoms with van der Waals surface area (Å²) >= 11 is 5.09. The van der Waals surface area contributed by atoms with Gasteiger partial charge in [0.2, 0.25) is 0 Å². The predicted octanol–water partition coefficient (Wildman–Crippen LogP) is 4.51. The van der Waals surface area contributed by atoms with E-state index in [-0.39, 0.29) is 5.54 Å². The van der Waals surface area contributed by atoms with E-state index in [1.807, 2.05) is 0 Å². The smallest absolute Gasteiger partial charge is 0.0744 e. The lowest BCUT2D eigenvalue weighted by molar-refractivity contribution is 0.0694. The monoisotopic (exact) mass is 251 g/mol. The first-order chi connectivity index (χ1) is 7.98. The lowest BCUT2D eigenvalue weighted by Crippen LogP contribution is -2.46. The Morgan fingerprint density at radius 3 is 2.71 bits per heavy atom. The average molecular weight is 251 g/mol. The van der Waals surface area contributed by atoms with E-state index in [0.29, 0.717) is 11.8 Å². The van der Waals surface area contributed by atoms with Gasteiger partial charge < -0.3 is 0 Å². The SMILES string of the molecule is CC1=CC2C(C(C)C)CCC(C)(N=S)C2CC1. The van der Waals surface area contributed by atoms with Crippen molar-refractivity contribution in [3.8, 4) is 0 Å². The second-order valence-electron chi connectivity index (χ2n) is 6.63. The highest BCUT2D eigenvalue weighted by molar-refractivity contribution is 7.47. The van der Waals surface area contributed by atoms with Crippen LogP contribution in [-0.2, 0) is 12.4 Å². The third-order valence-corrected chi connectivity index (χ3v) is 5.55. The summed E-state index contributed by atoms with van der Waals surface area (Å²) in [7, 11) is 0. The second-order valence-corrected chi connectivity index (χ2v) is 6.81. The summed E-state index contributed by atoms with van der Waals surface area (Å²) in [4.78, 5) is 0. The molecule has 0 aromatic rings. The summed E-state index contributed by atoms with van der Waals surface area (Å²) in [6, 6.07) is 0. The van der Waals surface area contributed by atoms with Gasteiger partial charge in [-0.2, -0.15) is 0 Å². The fraction of sp³-hybridized carbons (Fsp3) is 0.867. The number of allylic oxidation sites excluding steroid dienone is 2. The highest BCUT2D eigenvalue weighted by atomic mass is 32.1. The molecule has 1 nitrogen and oxygen atoms in total. The van der Waals surface area contributed by atoms with Crippen molar-refractivity contribution in [2.45, 2.75) is 58.9 Å². The molecule has 0 N–H and O–H groups in total. The lowest BCUT2D eigenvalue weighted by atomic mass is 9.57. The maximum absolute atomic E-state index is 5.09. The van der Waals surface area contributed by atoms with Gasteiger partial charge in [-0.15, -0.1) is 0 Å². The van der Waals surface area contributed by atoms with Crippen LogP contribution >= 0.6 is 0 Å². The largest absolute Gasteiger partial charge is 0.213 e. The van der Waals surface area contributed by atoms with Crippen LogP contribution in [0.3, 0.4) is 0 Å². The van der Waals surface area contributed by atoms with E-state index in [1.165, 1.54) is 25.7 Å². The Morgan fingerprint density at radius 1 is 1.41 bits per heavy atom. The molecule has 0 aromatic carbocycles. The third kappa shape index (κ3) is 2.33. The van der Waals surface area contributed by atoms with Gasteiger partial charge in [-0.25, -0.2) is 4.36 Å². The van der Waals surface area contributed by atoms with Gasteiger partial charge in [0.1, 0.15) is 0 Å². The van der Waals surface area contributed by atoms with Crippen LogP contribution in [0.15, 0.2) is 16.0 Å². The van der Waals surface area contributed by atoms with Crippen molar-refractivity contribution in [1.82, 2.24) is 0 Å². The van der Waals surface area contributed by atoms with Crippen LogP contribution < -0.4 is 0 Å². The summed E-state index contributed by atoms with van der Waals surface area (Å²) < 4.78 is 4.34. The molecule has 2 heteroatoms. The van der Waals surface area contributed by atoms with E-state index >= 15 is 0 Å². The minimum Gasteiger partial charge on any atom is -0.213 e. The minimum atomic E-state index is 0.0581. The Hall–Kier alpha value is -0.240. The van der Waals surface area contributed by atoms with Gasteiger partial charge in [0.05, 0.1) is 5.54 Å². The van der Waals surface area contributed by atoms with Crippen molar-refractivity contribution in [1.29, 1.82) is 0 Å². The van der Waals surface area contributed by atoms with Gasteiger partial charge in [-0.3, -0.25) is 0 Å². The topological polar surface area (TPSA) is 12.4 Å². The second kappa shape index (κ2) is 4.79. The molecular formula is C15H25NS. The summed E-state index contributed by atoms with van der Waals surface area (Å²) in [6.45, 7) is 9.30. The molecule has 1 saturated carbocycles. The molecule has 1 fully saturated rings. The fourth-order valence-corrected chi connectivity index (χ4v) is 4.21. The van der Waals surface area contributed by atoms with Crippen molar-refractivity contribution >= 4 is 12.4 Å². The van der Waals surface area contributed by atoms with Crippen LogP contribution in [0.2, 0.25) is 0 Å². The van der Waals surface area contributed by atoms with Crippen LogP contribution in [0, 0.1) is 23.7 Å². The fourth-order valence-electron chi connectivity index (χ4n) is 3.98. The van der Waals surface area contributed by atoms with Crippen LogP contribution in [-0.4, -0.2) is 5.54 Å². The van der Waals surface area contributed by atoms with Crippen LogP contribution in [0.4, 0.5) is 0 Å². The Balaban J connectivity index is 2.32. The van der Waals surface area contributed by atoms with E-state index in [2.05, 4.69) is 38.1 Å². The molecule has 0 bridgehead atoms. The average Bonchev–Trinajstić information content (AvgIpc) is 2.28. The molecule has 0 heterocycles. The number of nitrogens with zero attached hydrogens (tertiary/aromatic N) is 1. The lowest BCUT2D eigenvalue weighted by Gasteiger charge is -2.49. The molecule has 96 valence electrons. The molecule has 4 atom stereocenters. The molecule has 2 rings (SSSR count). The van der Waals surface area contributed by atoms with Crippen LogP contribution in [0.25, 0.3) is 0 Å². The molecule has 0 radical (unpaired) electrons. The standard InChI is InChI=1S/C15H25NS/c1-10(2)12-7-8-15(4,16-17)14-6-5-11(3)9-13(12)14/h9-10,12-14H,5-8H2,1-4H3. The Bertz CT molecular complexity index is 334. The maximum atomic E-state index is 5.09. The summed E-state index contributed by atoms with van der Waals surface area (Å²) in [6.07, 6.45) is 7.54. The first-order valence-electron chi connectivity index (χ1n) is 7.00. The van der Waals surface area contributed by atoms with E-state index < -0.39 is 0 Å². The van der Waals surface area contributed by atoms with E-state index in [0.717, 1.165) is 11.8 Å². The third-order valence-electron chi connectivity index (χ3n) is 5.13. The van der Waals surface area contributed by atoms with Crippen LogP contribution in [0.5, 0.6) is 0 Å². The minimum absolute atomic E-state index is 0.0581. The molecular weight excluding hydrogens is 226 g/mol.